The van der Waals surface area contributed by atoms with Crippen LogP contribution in [0.1, 0.15) is 5.56 Å². The summed E-state index contributed by atoms with van der Waals surface area (Å²) in [4.78, 5) is 23.9. The van der Waals surface area contributed by atoms with Crippen molar-refractivity contribution in [2.45, 2.75) is 19.6 Å². The lowest BCUT2D eigenvalue weighted by Crippen LogP contribution is -2.26. The molecule has 1 amide bonds. The second-order valence-corrected chi connectivity index (χ2v) is 8.81. The third kappa shape index (κ3) is 8.02. The number of carbonyl (C=O) groups is 2. The molecule has 0 saturated heterocycles. The van der Waals surface area contributed by atoms with Crippen LogP contribution in [0.4, 0.5) is 5.69 Å². The van der Waals surface area contributed by atoms with Gasteiger partial charge >= 0.3 is 0 Å². The van der Waals surface area contributed by atoms with E-state index < -0.39 is 0 Å². The molecule has 2 aromatic carbocycles. The smallest absolute Gasteiger partial charge is 0.298 e. The van der Waals surface area contributed by atoms with Gasteiger partial charge in [-0.15, -0.1) is 11.8 Å². The average molecular weight is 474 g/mol. The highest BCUT2D eigenvalue weighted by Crippen LogP contribution is 2.32. The quantitative estimate of drug-likeness (QED) is 0.382. The van der Waals surface area contributed by atoms with Crippen molar-refractivity contribution in [3.8, 4) is 28.9 Å². The summed E-state index contributed by atoms with van der Waals surface area (Å²) in [7, 11) is 3.85. The van der Waals surface area contributed by atoms with Crippen molar-refractivity contribution >= 4 is 36.5 Å². The first-order chi connectivity index (χ1) is 16.4. The fourth-order valence-corrected chi connectivity index (χ4v) is 4.16. The molecule has 3 rings (SSSR count). The van der Waals surface area contributed by atoms with Crippen molar-refractivity contribution in [3.63, 3.8) is 0 Å². The number of hydrogen-bond acceptors (Lipinski definition) is 7. The van der Waals surface area contributed by atoms with Gasteiger partial charge in [0, 0.05) is 25.6 Å². The summed E-state index contributed by atoms with van der Waals surface area (Å²) in [5.74, 6) is 3.39. The lowest BCUT2D eigenvalue weighted by atomic mass is 9.46. The Hall–Kier alpha value is -3.69. The van der Waals surface area contributed by atoms with Crippen LogP contribution in [-0.2, 0) is 9.59 Å². The zero-order valence-corrected chi connectivity index (χ0v) is 20.4. The number of hydrogen-bond donors (Lipinski definition) is 1. The highest BCUT2D eigenvalue weighted by Gasteiger charge is 2.22. The van der Waals surface area contributed by atoms with Crippen molar-refractivity contribution in [1.29, 1.82) is 10.5 Å². The van der Waals surface area contributed by atoms with E-state index >= 15 is 0 Å². The number of nitrogens with one attached hydrogen (secondary N) is 1. The molecule has 7 nitrogen and oxygen atoms in total. The molecule has 0 fully saturated rings. The summed E-state index contributed by atoms with van der Waals surface area (Å²) >= 11 is 1.55. The molecule has 0 bridgehead atoms. The molecule has 1 aliphatic rings. The number of thioether (sulfide) groups is 1. The molecule has 0 radical (unpaired) electrons. The summed E-state index contributed by atoms with van der Waals surface area (Å²) in [6.07, 6.45) is 1.30. The highest BCUT2D eigenvalue weighted by atomic mass is 32.2. The maximum Gasteiger partial charge on any atom is 0.298 e. The van der Waals surface area contributed by atoms with Crippen molar-refractivity contribution in [2.75, 3.05) is 31.3 Å². The molecule has 0 saturated carbocycles. The van der Waals surface area contributed by atoms with Gasteiger partial charge in [0.2, 0.25) is 5.91 Å². The Kier molecular flexibility index (Phi) is 10.8. The number of carbonyl (C=O) groups excluding carboxylic acids is 2. The molecular formula is C25H27BN4O3S. The van der Waals surface area contributed by atoms with E-state index in [1.54, 1.807) is 17.2 Å². The zero-order valence-electron chi connectivity index (χ0n) is 19.6. The third-order valence-electron chi connectivity index (χ3n) is 5.08. The minimum Gasteiger partial charge on any atom is -0.427 e. The first-order valence-corrected chi connectivity index (χ1v) is 11.8. The van der Waals surface area contributed by atoms with Crippen LogP contribution in [0.15, 0.2) is 53.4 Å². The molecule has 2 aromatic rings. The van der Waals surface area contributed by atoms with Crippen LogP contribution in [0.3, 0.4) is 0 Å². The Labute approximate surface area is 205 Å². The van der Waals surface area contributed by atoms with Gasteiger partial charge in [-0.25, -0.2) is 5.26 Å². The second kappa shape index (κ2) is 13.8. The summed E-state index contributed by atoms with van der Waals surface area (Å²) in [5.41, 5.74) is 4.97. The molecule has 0 aromatic heterocycles. The molecule has 1 heterocycles. The lowest BCUT2D eigenvalue weighted by molar-refractivity contribution is -0.120. The lowest BCUT2D eigenvalue weighted by Gasteiger charge is -2.17. The maximum absolute atomic E-state index is 11.5. The van der Waals surface area contributed by atoms with Crippen LogP contribution < -0.4 is 15.0 Å². The van der Waals surface area contributed by atoms with Gasteiger partial charge in [0.15, 0.2) is 5.75 Å². The molecular weight excluding hydrogens is 447 g/mol. The van der Waals surface area contributed by atoms with E-state index in [9.17, 15) is 9.59 Å². The number of nitriles is 2. The molecule has 1 aliphatic heterocycles. The second-order valence-electron chi connectivity index (χ2n) is 7.83. The van der Waals surface area contributed by atoms with Gasteiger partial charge in [0.05, 0.1) is 11.8 Å². The zero-order chi connectivity index (χ0) is 24.9. The third-order valence-corrected chi connectivity index (χ3v) is 6.00. The summed E-state index contributed by atoms with van der Waals surface area (Å²) in [6, 6.07) is 16.0. The molecule has 0 atom stereocenters. The minimum absolute atomic E-state index is 0.0120. The van der Waals surface area contributed by atoms with Crippen LogP contribution in [0, 0.1) is 29.5 Å². The molecule has 1 N–H and O–H groups in total. The number of nitrogens with zero attached hydrogens (tertiary/aromatic N) is 3. The van der Waals surface area contributed by atoms with Crippen LogP contribution in [0.25, 0.3) is 11.1 Å². The average Bonchev–Trinajstić information content (AvgIpc) is 3.10. The van der Waals surface area contributed by atoms with Crippen molar-refractivity contribution in [1.82, 2.24) is 5.32 Å². The Balaban J connectivity index is 0.000000248. The van der Waals surface area contributed by atoms with E-state index in [1.165, 1.54) is 5.56 Å². The summed E-state index contributed by atoms with van der Waals surface area (Å²) < 4.78 is 4.99. The fraction of sp³-hybridized carbons (Fsp3) is 0.280. The molecule has 0 unspecified atom stereocenters. The van der Waals surface area contributed by atoms with Crippen LogP contribution >= 0.6 is 11.8 Å². The van der Waals surface area contributed by atoms with E-state index in [1.807, 2.05) is 43.3 Å². The Morgan fingerprint density at radius 3 is 2.53 bits per heavy atom. The predicted molar refractivity (Wildman–Crippen MR) is 138 cm³/mol. The number of anilines is 1. The number of amides is 1. The van der Waals surface area contributed by atoms with Crippen LogP contribution in [0.5, 0.6) is 5.75 Å². The van der Waals surface area contributed by atoms with Gasteiger partial charge in [-0.1, -0.05) is 35.9 Å². The first kappa shape index (κ1) is 26.6. The summed E-state index contributed by atoms with van der Waals surface area (Å²) in [5, 5.41) is 21.4. The number of aryl methyl sites for hydroxylation is 1. The van der Waals surface area contributed by atoms with Gasteiger partial charge < -0.3 is 15.0 Å². The van der Waals surface area contributed by atoms with Gasteiger partial charge in [-0.05, 0) is 54.0 Å². The topological polar surface area (TPSA) is 106 Å². The standard InChI is InChI=1S/C16H17NO2.C9H10BN3OS/c1-12-4-6-13(7-5-12)14-8-9-16(19-11-18)15(10-14)17(2)3;11-2-3-13-9(14)8-5-10(7-12)1-4-15-6-8/h4-11H,1-3H3;6H,1,3-5H2,(H,13,14). The molecule has 34 heavy (non-hydrogen) atoms. The van der Waals surface area contributed by atoms with E-state index in [-0.39, 0.29) is 19.2 Å². The van der Waals surface area contributed by atoms with Gasteiger partial charge in [0.1, 0.15) is 6.54 Å². The number of benzene rings is 2. The molecule has 174 valence electrons. The minimum atomic E-state index is -0.230. The highest BCUT2D eigenvalue weighted by molar-refractivity contribution is 8.02. The Morgan fingerprint density at radius 2 is 1.91 bits per heavy atom. The fourth-order valence-electron chi connectivity index (χ4n) is 3.22. The van der Waals surface area contributed by atoms with Crippen LogP contribution in [0.2, 0.25) is 12.6 Å². The Morgan fingerprint density at radius 1 is 1.21 bits per heavy atom. The first-order valence-electron chi connectivity index (χ1n) is 10.7. The predicted octanol–water partition coefficient (Wildman–Crippen LogP) is 4.08. The Bertz CT molecular complexity index is 1100. The van der Waals surface area contributed by atoms with Crippen molar-refractivity contribution in [3.05, 3.63) is 59.0 Å². The molecule has 0 spiro atoms. The largest absolute Gasteiger partial charge is 0.427 e. The number of rotatable bonds is 6. The van der Waals surface area contributed by atoms with Crippen molar-refractivity contribution < 1.29 is 14.3 Å². The van der Waals surface area contributed by atoms with E-state index in [0.29, 0.717) is 24.1 Å². The van der Waals surface area contributed by atoms with Gasteiger partial charge in [0.25, 0.3) is 13.2 Å². The van der Waals surface area contributed by atoms with Crippen molar-refractivity contribution in [2.24, 2.45) is 0 Å². The monoisotopic (exact) mass is 474 g/mol. The normalized spacial score (nSPS) is 12.5. The maximum atomic E-state index is 11.5. The number of ether oxygens (including phenoxy) is 1. The van der Waals surface area contributed by atoms with E-state index in [0.717, 1.165) is 28.9 Å². The summed E-state index contributed by atoms with van der Waals surface area (Å²) in [6.45, 7) is 2.45. The van der Waals surface area contributed by atoms with E-state index in [2.05, 4.69) is 42.5 Å². The van der Waals surface area contributed by atoms with Crippen LogP contribution in [-0.4, -0.2) is 45.5 Å². The van der Waals surface area contributed by atoms with Gasteiger partial charge in [-0.2, -0.15) is 5.26 Å². The SMILES string of the molecule is Cc1ccc(-c2ccc(OC=O)c(N(C)C)c2)cc1.N#CCNC(=O)C1=CSCCB(C#N)C1. The molecule has 0 aliphatic carbocycles. The van der Waals surface area contributed by atoms with Gasteiger partial charge in [-0.3, -0.25) is 9.59 Å². The molecule has 9 heteroatoms. The van der Waals surface area contributed by atoms with E-state index in [4.69, 9.17) is 15.3 Å².